The molecule has 0 spiro atoms. The third kappa shape index (κ3) is 3.55. The molecule has 0 bridgehead atoms. The van der Waals surface area contributed by atoms with E-state index in [1.165, 1.54) is 24.6 Å². The molecule has 0 saturated heterocycles. The number of benzene rings is 2. The second kappa shape index (κ2) is 7.79. The fourth-order valence-electron chi connectivity index (χ4n) is 4.44. The number of aromatic nitrogens is 2. The van der Waals surface area contributed by atoms with E-state index in [0.717, 1.165) is 47.9 Å². The molecule has 5 heteroatoms. The van der Waals surface area contributed by atoms with Crippen LogP contribution in [0, 0.1) is 31.0 Å². The van der Waals surface area contributed by atoms with Gasteiger partial charge in [0.15, 0.2) is 0 Å². The summed E-state index contributed by atoms with van der Waals surface area (Å²) in [5, 5.41) is 9.97. The van der Waals surface area contributed by atoms with Crippen LogP contribution in [0.1, 0.15) is 66.0 Å². The van der Waals surface area contributed by atoms with Gasteiger partial charge in [-0.3, -0.25) is 9.36 Å². The van der Waals surface area contributed by atoms with Crippen LogP contribution < -0.4 is 5.56 Å². The highest BCUT2D eigenvalue weighted by Crippen LogP contribution is 2.29. The van der Waals surface area contributed by atoms with Crippen LogP contribution in [0.2, 0.25) is 0 Å². The molecule has 0 atom stereocenters. The largest absolute Gasteiger partial charge is 0.296 e. The highest BCUT2D eigenvalue weighted by molar-refractivity contribution is 5.83. The summed E-state index contributed by atoms with van der Waals surface area (Å²) in [6, 6.07) is 8.44. The molecular weight excluding hydrogens is 365 g/mol. The summed E-state index contributed by atoms with van der Waals surface area (Å²) in [4.78, 5) is 17.9. The van der Waals surface area contributed by atoms with Crippen LogP contribution in [0.15, 0.2) is 35.4 Å². The summed E-state index contributed by atoms with van der Waals surface area (Å²) in [5.74, 6) is -0.365. The summed E-state index contributed by atoms with van der Waals surface area (Å²) in [6.45, 7) is 3.96. The molecule has 0 amide bonds. The van der Waals surface area contributed by atoms with Crippen molar-refractivity contribution in [2.24, 2.45) is 0 Å². The Morgan fingerprint density at radius 3 is 2.62 bits per heavy atom. The first-order valence-corrected chi connectivity index (χ1v) is 10.2. The molecule has 1 aliphatic carbocycles. The van der Waals surface area contributed by atoms with E-state index in [0.29, 0.717) is 22.9 Å². The number of aryl methyl sites for hydroxylation is 1. The summed E-state index contributed by atoms with van der Waals surface area (Å²) < 4.78 is 15.6. The number of rotatable bonds is 3. The molecule has 29 heavy (non-hydrogen) atoms. The van der Waals surface area contributed by atoms with Crippen molar-refractivity contribution in [1.29, 1.82) is 5.26 Å². The monoisotopic (exact) mass is 389 g/mol. The molecule has 1 aromatic heterocycles. The first kappa shape index (κ1) is 19.3. The summed E-state index contributed by atoms with van der Waals surface area (Å²) in [5.41, 5.74) is 4.71. The number of halogens is 1. The van der Waals surface area contributed by atoms with Gasteiger partial charge in [0.25, 0.3) is 5.56 Å². The molecule has 1 saturated carbocycles. The van der Waals surface area contributed by atoms with Crippen LogP contribution in [-0.4, -0.2) is 9.55 Å². The molecule has 1 fully saturated rings. The predicted octanol–water partition coefficient (Wildman–Crippen LogP) is 5.12. The average Bonchev–Trinajstić information content (AvgIpc) is 2.73. The minimum atomic E-state index is -0.365. The van der Waals surface area contributed by atoms with Gasteiger partial charge in [-0.1, -0.05) is 19.3 Å². The quantitative estimate of drug-likeness (QED) is 0.625. The molecule has 0 aliphatic heterocycles. The lowest BCUT2D eigenvalue weighted by Crippen LogP contribution is -2.27. The van der Waals surface area contributed by atoms with Gasteiger partial charge in [0.1, 0.15) is 5.82 Å². The predicted molar refractivity (Wildman–Crippen MR) is 112 cm³/mol. The lowest BCUT2D eigenvalue weighted by atomic mass is 9.92. The SMILES string of the molecule is Cc1c(Cc2cc(F)ccc2C#N)cc2c(=O)n(C3CCCCC3)cnc2c1C. The lowest BCUT2D eigenvalue weighted by Gasteiger charge is -2.24. The van der Waals surface area contributed by atoms with E-state index in [9.17, 15) is 14.4 Å². The molecule has 0 N–H and O–H groups in total. The third-order valence-electron chi connectivity index (χ3n) is 6.29. The van der Waals surface area contributed by atoms with Gasteiger partial charge >= 0.3 is 0 Å². The molecule has 2 aromatic carbocycles. The van der Waals surface area contributed by atoms with Crippen LogP contribution in [0.4, 0.5) is 4.39 Å². The van der Waals surface area contributed by atoms with E-state index in [1.54, 1.807) is 10.9 Å². The van der Waals surface area contributed by atoms with E-state index in [2.05, 4.69) is 11.1 Å². The Hall–Kier alpha value is -3.00. The fraction of sp³-hybridized carbons (Fsp3) is 0.375. The molecule has 1 heterocycles. The van der Waals surface area contributed by atoms with Gasteiger partial charge in [-0.05, 0) is 79.6 Å². The minimum absolute atomic E-state index is 0.00833. The van der Waals surface area contributed by atoms with Crippen molar-refractivity contribution in [3.8, 4) is 6.07 Å². The van der Waals surface area contributed by atoms with Crippen molar-refractivity contribution in [3.63, 3.8) is 0 Å². The summed E-state index contributed by atoms with van der Waals surface area (Å²) in [7, 11) is 0. The second-order valence-electron chi connectivity index (χ2n) is 8.02. The van der Waals surface area contributed by atoms with E-state index < -0.39 is 0 Å². The standard InChI is InChI=1S/C24H24FN3O/c1-15-16(2)23-22(24(29)28(14-27-23)21-6-4-3-5-7-21)12-18(15)10-19-11-20(25)9-8-17(19)13-26/h8-9,11-12,14,21H,3-7,10H2,1-2H3. The lowest BCUT2D eigenvalue weighted by molar-refractivity contribution is 0.345. The van der Waals surface area contributed by atoms with Crippen molar-refractivity contribution in [1.82, 2.24) is 9.55 Å². The maximum absolute atomic E-state index is 13.8. The highest BCUT2D eigenvalue weighted by atomic mass is 19.1. The third-order valence-corrected chi connectivity index (χ3v) is 6.29. The van der Waals surface area contributed by atoms with Crippen LogP contribution in [0.3, 0.4) is 0 Å². The maximum Gasteiger partial charge on any atom is 0.261 e. The van der Waals surface area contributed by atoms with Crippen LogP contribution in [-0.2, 0) is 6.42 Å². The Morgan fingerprint density at radius 1 is 1.14 bits per heavy atom. The van der Waals surface area contributed by atoms with Gasteiger partial charge < -0.3 is 0 Å². The zero-order valence-electron chi connectivity index (χ0n) is 16.8. The molecule has 4 nitrogen and oxygen atoms in total. The van der Waals surface area contributed by atoms with Crippen molar-refractivity contribution < 1.29 is 4.39 Å². The normalized spacial score (nSPS) is 14.8. The topological polar surface area (TPSA) is 58.7 Å². The Balaban J connectivity index is 1.84. The van der Waals surface area contributed by atoms with Crippen molar-refractivity contribution in [2.75, 3.05) is 0 Å². The van der Waals surface area contributed by atoms with Crippen LogP contribution in [0.5, 0.6) is 0 Å². The van der Waals surface area contributed by atoms with Crippen molar-refractivity contribution >= 4 is 10.9 Å². The molecule has 4 rings (SSSR count). The molecule has 1 aliphatic rings. The number of nitriles is 1. The second-order valence-corrected chi connectivity index (χ2v) is 8.02. The number of fused-ring (bicyclic) bond motifs is 1. The van der Waals surface area contributed by atoms with E-state index in [-0.39, 0.29) is 17.4 Å². The van der Waals surface area contributed by atoms with Gasteiger partial charge in [-0.15, -0.1) is 0 Å². The van der Waals surface area contributed by atoms with Crippen molar-refractivity contribution in [2.45, 2.75) is 58.4 Å². The Bertz CT molecular complexity index is 1180. The van der Waals surface area contributed by atoms with Gasteiger partial charge in [-0.25, -0.2) is 9.37 Å². The van der Waals surface area contributed by atoms with Crippen LogP contribution >= 0.6 is 0 Å². The van der Waals surface area contributed by atoms with Gasteiger partial charge in [0.05, 0.1) is 28.9 Å². The van der Waals surface area contributed by atoms with Gasteiger partial charge in [0, 0.05) is 6.04 Å². The summed E-state index contributed by atoms with van der Waals surface area (Å²) in [6.07, 6.45) is 7.64. The minimum Gasteiger partial charge on any atom is -0.296 e. The average molecular weight is 389 g/mol. The van der Waals surface area contributed by atoms with Crippen LogP contribution in [0.25, 0.3) is 10.9 Å². The number of nitrogens with zero attached hydrogens (tertiary/aromatic N) is 3. The molecule has 148 valence electrons. The fourth-order valence-corrected chi connectivity index (χ4v) is 4.44. The first-order valence-electron chi connectivity index (χ1n) is 10.2. The molecule has 0 unspecified atom stereocenters. The molecule has 0 radical (unpaired) electrons. The first-order chi connectivity index (χ1) is 14.0. The van der Waals surface area contributed by atoms with Gasteiger partial charge in [0.2, 0.25) is 0 Å². The number of hydrogen-bond acceptors (Lipinski definition) is 3. The van der Waals surface area contributed by atoms with Crippen molar-refractivity contribution in [3.05, 3.63) is 74.6 Å². The Kier molecular flexibility index (Phi) is 5.19. The zero-order valence-corrected chi connectivity index (χ0v) is 16.8. The van der Waals surface area contributed by atoms with E-state index in [4.69, 9.17) is 0 Å². The molecular formula is C24H24FN3O. The molecule has 3 aromatic rings. The summed E-state index contributed by atoms with van der Waals surface area (Å²) >= 11 is 0. The maximum atomic E-state index is 13.8. The van der Waals surface area contributed by atoms with E-state index >= 15 is 0 Å². The van der Waals surface area contributed by atoms with Gasteiger partial charge in [-0.2, -0.15) is 5.26 Å². The number of hydrogen-bond donors (Lipinski definition) is 0. The smallest absolute Gasteiger partial charge is 0.261 e. The Labute approximate surface area is 169 Å². The zero-order chi connectivity index (χ0) is 20.5. The highest BCUT2D eigenvalue weighted by Gasteiger charge is 2.19. The Morgan fingerprint density at radius 2 is 1.90 bits per heavy atom. The van der Waals surface area contributed by atoms with E-state index in [1.807, 2.05) is 19.9 Å².